The zero-order valence-electron chi connectivity index (χ0n) is 27.2. The van der Waals surface area contributed by atoms with E-state index in [0.29, 0.717) is 24.9 Å². The van der Waals surface area contributed by atoms with Crippen LogP contribution in [0.3, 0.4) is 0 Å². The smallest absolute Gasteiger partial charge is 0.746 e. The molecule has 1 saturated carbocycles. The Morgan fingerprint density at radius 2 is 1.91 bits per heavy atom. The molecule has 16 heteroatoms. The molecule has 2 saturated heterocycles. The van der Waals surface area contributed by atoms with Gasteiger partial charge in [-0.3, -0.25) is 19.2 Å². The van der Waals surface area contributed by atoms with Crippen LogP contribution in [0.5, 0.6) is 0 Å². The summed E-state index contributed by atoms with van der Waals surface area (Å²) in [6, 6.07) is 2.05. The number of carbonyl (C=O) groups is 4. The quantitative estimate of drug-likeness (QED) is 0.135. The van der Waals surface area contributed by atoms with Crippen molar-refractivity contribution in [2.75, 3.05) is 13.1 Å². The van der Waals surface area contributed by atoms with Gasteiger partial charge in [0.05, 0.1) is 6.04 Å². The van der Waals surface area contributed by atoms with Gasteiger partial charge in [-0.05, 0) is 67.1 Å². The molecule has 0 radical (unpaired) electrons. The topological polar surface area (TPSA) is 201 Å². The molecule has 0 bridgehead atoms. The Hall–Kier alpha value is -2.56. The molecule has 47 heavy (non-hydrogen) atoms. The molecule has 1 aromatic heterocycles. The number of fused-ring (bicyclic) bond motifs is 2. The number of hydrogen-bond donors (Lipinski definition) is 5. The molecule has 5 N–H and O–H groups in total. The number of aliphatic hydroxyl groups excluding tert-OH is 1. The molecule has 1 aliphatic carbocycles. The standard InChI is InChI=1S/C31H42FN5O8S.Na/c1-15(2)11-22(35-27(39)21-13-17-19(32)8-5-9-20(17)34-21)29(41)37-14-18-24(31(18,3)4)25(37)28(40)36-23(30(42)46(43,44)45)12-16-7-6-10-33-26(16)38;/h5,8-9,13,15-16,18,22-25,30,34,42H,6-7,10-12,14H2,1-4H3,(H,33,38)(H,35,39)(H,36,40)(H,43,44,45);/q;+1/p-1/t16-,18-,22-,23-,24-,25-,30?;/m0./s1. The van der Waals surface area contributed by atoms with Crippen molar-refractivity contribution in [2.24, 2.45) is 29.1 Å². The fourth-order valence-electron chi connectivity index (χ4n) is 7.27. The third-order valence-electron chi connectivity index (χ3n) is 9.83. The van der Waals surface area contributed by atoms with E-state index in [9.17, 15) is 41.6 Å². The maximum absolute atomic E-state index is 14.3. The average molecular weight is 686 g/mol. The van der Waals surface area contributed by atoms with Gasteiger partial charge in [0.25, 0.3) is 5.91 Å². The van der Waals surface area contributed by atoms with E-state index < -0.39 is 63.1 Å². The molecule has 1 unspecified atom stereocenters. The van der Waals surface area contributed by atoms with Gasteiger partial charge >= 0.3 is 29.6 Å². The van der Waals surface area contributed by atoms with Crippen molar-refractivity contribution in [2.45, 2.75) is 76.9 Å². The van der Waals surface area contributed by atoms with Crippen molar-refractivity contribution in [1.29, 1.82) is 0 Å². The normalized spacial score (nSPS) is 25.3. The minimum atomic E-state index is -5.27. The number of benzene rings is 1. The first-order valence-corrected chi connectivity index (χ1v) is 17.1. The van der Waals surface area contributed by atoms with E-state index in [4.69, 9.17) is 0 Å². The van der Waals surface area contributed by atoms with Gasteiger partial charge in [0, 0.05) is 29.9 Å². The van der Waals surface area contributed by atoms with Crippen LogP contribution >= 0.6 is 0 Å². The van der Waals surface area contributed by atoms with Crippen LogP contribution in [0.15, 0.2) is 24.3 Å². The molecule has 0 spiro atoms. The summed E-state index contributed by atoms with van der Waals surface area (Å²) in [6.45, 7) is 8.29. The van der Waals surface area contributed by atoms with Gasteiger partial charge in [0.1, 0.15) is 33.7 Å². The number of aliphatic hydroxyl groups is 1. The molecule has 2 aromatic rings. The van der Waals surface area contributed by atoms with Gasteiger partial charge in [0.15, 0.2) is 5.44 Å². The third-order valence-corrected chi connectivity index (χ3v) is 10.8. The van der Waals surface area contributed by atoms with Crippen molar-refractivity contribution >= 4 is 44.6 Å². The zero-order valence-corrected chi connectivity index (χ0v) is 30.0. The van der Waals surface area contributed by atoms with Crippen LogP contribution in [0.25, 0.3) is 10.9 Å². The summed E-state index contributed by atoms with van der Waals surface area (Å²) >= 11 is 0. The molecule has 13 nitrogen and oxygen atoms in total. The number of amides is 4. The van der Waals surface area contributed by atoms with Crippen LogP contribution < -0.4 is 45.5 Å². The van der Waals surface area contributed by atoms with Crippen LogP contribution in [0, 0.1) is 34.9 Å². The number of aromatic nitrogens is 1. The fraction of sp³-hybridized carbons (Fsp3) is 0.613. The van der Waals surface area contributed by atoms with Gasteiger partial charge in [-0.15, -0.1) is 0 Å². The van der Waals surface area contributed by atoms with Gasteiger partial charge in [-0.25, -0.2) is 12.8 Å². The molecule has 2 aliphatic heterocycles. The predicted molar refractivity (Wildman–Crippen MR) is 163 cm³/mol. The summed E-state index contributed by atoms with van der Waals surface area (Å²) in [4.78, 5) is 58.0. The molecule has 4 amide bonds. The molecule has 3 aliphatic rings. The number of halogens is 1. The Morgan fingerprint density at radius 1 is 1.21 bits per heavy atom. The van der Waals surface area contributed by atoms with Crippen molar-refractivity contribution < 1.29 is 71.2 Å². The van der Waals surface area contributed by atoms with Crippen LogP contribution in [0.1, 0.15) is 63.9 Å². The maximum atomic E-state index is 14.3. The Bertz CT molecular complexity index is 1650. The number of rotatable bonds is 11. The Labute approximate surface area is 295 Å². The second-order valence-corrected chi connectivity index (χ2v) is 15.3. The summed E-state index contributed by atoms with van der Waals surface area (Å²) in [6.07, 6.45) is 0.941. The zero-order chi connectivity index (χ0) is 33.7. The molecular formula is C31H41FN5NaO8S. The number of nitrogens with one attached hydrogen (secondary N) is 4. The maximum Gasteiger partial charge on any atom is 1.00 e. The SMILES string of the molecule is CC(C)C[C@H](NC(=O)c1cc2c(F)cccc2[nH]1)C(=O)N1C[C@H]2[C@@H]([C@H]1C(=O)N[C@@H](C[C@@H]1CCCNC1=O)C(O)S(=O)(=O)[O-])C2(C)C.[Na+]. The van der Waals surface area contributed by atoms with E-state index in [1.165, 1.54) is 23.1 Å². The number of aromatic amines is 1. The van der Waals surface area contributed by atoms with Gasteiger partial charge in [-0.1, -0.05) is 33.8 Å². The van der Waals surface area contributed by atoms with Gasteiger partial charge in [0.2, 0.25) is 17.7 Å². The first-order chi connectivity index (χ1) is 21.5. The second kappa shape index (κ2) is 14.1. The van der Waals surface area contributed by atoms with Gasteiger partial charge < -0.3 is 35.5 Å². The molecule has 7 atom stereocenters. The van der Waals surface area contributed by atoms with Crippen molar-refractivity contribution in [3.8, 4) is 0 Å². The molecule has 5 rings (SSSR count). The summed E-state index contributed by atoms with van der Waals surface area (Å²) in [7, 11) is -5.27. The Balaban J connectivity index is 0.00000500. The number of likely N-dealkylation sites (tertiary alicyclic amines) is 1. The van der Waals surface area contributed by atoms with Crippen LogP contribution in [-0.4, -0.2) is 88.2 Å². The third kappa shape index (κ3) is 7.70. The predicted octanol–water partition coefficient (Wildman–Crippen LogP) is -1.80. The van der Waals surface area contributed by atoms with E-state index in [1.807, 2.05) is 27.7 Å². The van der Waals surface area contributed by atoms with E-state index in [1.54, 1.807) is 6.07 Å². The Kier molecular flexibility index (Phi) is 11.2. The first-order valence-electron chi connectivity index (χ1n) is 15.6. The van der Waals surface area contributed by atoms with Crippen molar-refractivity contribution in [3.05, 3.63) is 35.8 Å². The van der Waals surface area contributed by atoms with Gasteiger partial charge in [-0.2, -0.15) is 0 Å². The van der Waals surface area contributed by atoms with E-state index in [2.05, 4.69) is 20.9 Å². The van der Waals surface area contributed by atoms with Crippen LogP contribution in [-0.2, 0) is 24.5 Å². The number of carbonyl (C=O) groups excluding carboxylic acids is 4. The van der Waals surface area contributed by atoms with E-state index >= 15 is 0 Å². The fourth-order valence-corrected chi connectivity index (χ4v) is 7.85. The second-order valence-electron chi connectivity index (χ2n) is 13.8. The van der Waals surface area contributed by atoms with Crippen LogP contribution in [0.2, 0.25) is 0 Å². The summed E-state index contributed by atoms with van der Waals surface area (Å²) in [5, 5.41) is 18.6. The largest absolute Gasteiger partial charge is 1.00 e. The minimum absolute atomic E-state index is 0. The molecular weight excluding hydrogens is 644 g/mol. The minimum Gasteiger partial charge on any atom is -0.746 e. The van der Waals surface area contributed by atoms with Crippen molar-refractivity contribution in [1.82, 2.24) is 25.8 Å². The molecule has 3 heterocycles. The number of hydrogen-bond acceptors (Lipinski definition) is 8. The monoisotopic (exact) mass is 685 g/mol. The average Bonchev–Trinajstić information content (AvgIpc) is 3.35. The van der Waals surface area contributed by atoms with E-state index in [0.717, 1.165) is 0 Å². The first kappa shape index (κ1) is 37.3. The molecule has 1 aromatic carbocycles. The van der Waals surface area contributed by atoms with Crippen molar-refractivity contribution in [3.63, 3.8) is 0 Å². The van der Waals surface area contributed by atoms with Crippen LogP contribution in [0.4, 0.5) is 4.39 Å². The molecule has 3 fully saturated rings. The summed E-state index contributed by atoms with van der Waals surface area (Å²) in [5.41, 5.74) is -2.36. The molecule has 252 valence electrons. The number of H-pyrrole nitrogens is 1. The summed E-state index contributed by atoms with van der Waals surface area (Å²) in [5.74, 6) is -3.92. The van der Waals surface area contributed by atoms with E-state index in [-0.39, 0.29) is 89.1 Å². The Morgan fingerprint density at radius 3 is 2.53 bits per heavy atom. The number of piperidine rings is 2. The summed E-state index contributed by atoms with van der Waals surface area (Å²) < 4.78 is 49.8. The number of nitrogens with zero attached hydrogens (tertiary/aromatic N) is 1.